The summed E-state index contributed by atoms with van der Waals surface area (Å²) in [6.07, 6.45) is 11.1. The lowest BCUT2D eigenvalue weighted by Crippen LogP contribution is -2.01. The molecule has 0 aromatic carbocycles. The molecule has 0 fully saturated rings. The van der Waals surface area contributed by atoms with Crippen LogP contribution in [0, 0.1) is 5.92 Å². The molecule has 0 amide bonds. The lowest BCUT2D eigenvalue weighted by atomic mass is 9.94. The van der Waals surface area contributed by atoms with Crippen LogP contribution in [0.1, 0.15) is 65.2 Å². The van der Waals surface area contributed by atoms with Crippen molar-refractivity contribution in [1.82, 2.24) is 0 Å². The third-order valence-electron chi connectivity index (χ3n) is 2.70. The Bertz CT molecular complexity index is 85.1. The Kier molecular flexibility index (Phi) is 10.7. The van der Waals surface area contributed by atoms with Gasteiger partial charge in [-0.1, -0.05) is 58.8 Å². The molecule has 1 unspecified atom stereocenters. The molecule has 0 aromatic heterocycles. The summed E-state index contributed by atoms with van der Waals surface area (Å²) in [7, 11) is 0. The van der Waals surface area contributed by atoms with Crippen LogP contribution >= 0.6 is 12.6 Å². The maximum Gasteiger partial charge on any atom is -0.00953 e. The third kappa shape index (κ3) is 8.67. The maximum atomic E-state index is 4.32. The summed E-state index contributed by atoms with van der Waals surface area (Å²) in [6, 6.07) is 0. The zero-order valence-electron chi connectivity index (χ0n) is 9.39. The molecule has 80 valence electrons. The highest BCUT2D eigenvalue weighted by atomic mass is 32.1. The SMILES string of the molecule is CCCCCCC(CCC)CCS. The summed E-state index contributed by atoms with van der Waals surface area (Å²) >= 11 is 4.32. The Hall–Kier alpha value is 0.350. The molecule has 0 heterocycles. The van der Waals surface area contributed by atoms with Crippen molar-refractivity contribution >= 4 is 12.6 Å². The number of hydrogen-bond donors (Lipinski definition) is 1. The maximum absolute atomic E-state index is 4.32. The lowest BCUT2D eigenvalue weighted by molar-refractivity contribution is 0.413. The van der Waals surface area contributed by atoms with E-state index in [9.17, 15) is 0 Å². The largest absolute Gasteiger partial charge is 0.179 e. The predicted octanol–water partition coefficient (Wildman–Crippen LogP) is 4.69. The van der Waals surface area contributed by atoms with E-state index in [1.807, 2.05) is 0 Å². The van der Waals surface area contributed by atoms with Crippen LogP contribution in [0.5, 0.6) is 0 Å². The molecular formula is C12H26S. The van der Waals surface area contributed by atoms with E-state index in [1.165, 1.54) is 51.4 Å². The van der Waals surface area contributed by atoms with Crippen LogP contribution in [0.25, 0.3) is 0 Å². The molecule has 13 heavy (non-hydrogen) atoms. The fourth-order valence-electron chi connectivity index (χ4n) is 1.88. The Labute approximate surface area is 89.9 Å². The van der Waals surface area contributed by atoms with Crippen molar-refractivity contribution in [3.05, 3.63) is 0 Å². The Morgan fingerprint density at radius 1 is 0.846 bits per heavy atom. The van der Waals surface area contributed by atoms with E-state index in [0.29, 0.717) is 0 Å². The zero-order chi connectivity index (χ0) is 9.94. The molecule has 0 N–H and O–H groups in total. The summed E-state index contributed by atoms with van der Waals surface area (Å²) in [5, 5.41) is 0. The second-order valence-corrected chi connectivity index (χ2v) is 4.46. The standard InChI is InChI=1S/C12H26S/c1-3-5-6-7-9-12(8-4-2)10-11-13/h12-13H,3-11H2,1-2H3. The average molecular weight is 202 g/mol. The Morgan fingerprint density at radius 2 is 1.62 bits per heavy atom. The van der Waals surface area contributed by atoms with Gasteiger partial charge in [0.1, 0.15) is 0 Å². The molecule has 0 spiro atoms. The highest BCUT2D eigenvalue weighted by Gasteiger charge is 2.05. The van der Waals surface area contributed by atoms with Gasteiger partial charge in [-0.15, -0.1) is 0 Å². The van der Waals surface area contributed by atoms with Gasteiger partial charge < -0.3 is 0 Å². The van der Waals surface area contributed by atoms with E-state index >= 15 is 0 Å². The van der Waals surface area contributed by atoms with E-state index in [2.05, 4.69) is 26.5 Å². The van der Waals surface area contributed by atoms with Crippen LogP contribution in [-0.2, 0) is 0 Å². The summed E-state index contributed by atoms with van der Waals surface area (Å²) in [5.74, 6) is 2.03. The molecule has 0 aromatic rings. The van der Waals surface area contributed by atoms with Gasteiger partial charge in [-0.3, -0.25) is 0 Å². The van der Waals surface area contributed by atoms with Crippen molar-refractivity contribution in [2.75, 3.05) is 5.75 Å². The molecule has 0 rings (SSSR count). The first-order chi connectivity index (χ1) is 6.35. The number of rotatable bonds is 9. The molecule has 0 aliphatic rings. The smallest absolute Gasteiger partial charge is 0.00953 e. The van der Waals surface area contributed by atoms with E-state index < -0.39 is 0 Å². The van der Waals surface area contributed by atoms with Gasteiger partial charge in [0.05, 0.1) is 0 Å². The lowest BCUT2D eigenvalue weighted by Gasteiger charge is -2.14. The molecule has 0 nitrogen and oxygen atoms in total. The summed E-state index contributed by atoms with van der Waals surface area (Å²) in [5.41, 5.74) is 0. The van der Waals surface area contributed by atoms with Crippen molar-refractivity contribution in [3.8, 4) is 0 Å². The van der Waals surface area contributed by atoms with Crippen molar-refractivity contribution in [3.63, 3.8) is 0 Å². The van der Waals surface area contributed by atoms with Crippen LogP contribution in [0.2, 0.25) is 0 Å². The normalized spacial score (nSPS) is 13.2. The molecule has 0 radical (unpaired) electrons. The van der Waals surface area contributed by atoms with Crippen molar-refractivity contribution in [1.29, 1.82) is 0 Å². The van der Waals surface area contributed by atoms with E-state index in [1.54, 1.807) is 0 Å². The highest BCUT2D eigenvalue weighted by Crippen LogP contribution is 2.19. The molecular weight excluding hydrogens is 176 g/mol. The van der Waals surface area contributed by atoms with Gasteiger partial charge >= 0.3 is 0 Å². The van der Waals surface area contributed by atoms with Crippen LogP contribution in [-0.4, -0.2) is 5.75 Å². The third-order valence-corrected chi connectivity index (χ3v) is 2.96. The fourth-order valence-corrected chi connectivity index (χ4v) is 2.25. The minimum atomic E-state index is 0.958. The summed E-state index contributed by atoms with van der Waals surface area (Å²) in [6.45, 7) is 4.56. The number of hydrogen-bond acceptors (Lipinski definition) is 1. The highest BCUT2D eigenvalue weighted by molar-refractivity contribution is 7.80. The van der Waals surface area contributed by atoms with Crippen LogP contribution in [0.3, 0.4) is 0 Å². The van der Waals surface area contributed by atoms with Gasteiger partial charge in [0.25, 0.3) is 0 Å². The predicted molar refractivity (Wildman–Crippen MR) is 65.6 cm³/mol. The van der Waals surface area contributed by atoms with Crippen molar-refractivity contribution in [2.24, 2.45) is 5.92 Å². The fraction of sp³-hybridized carbons (Fsp3) is 1.00. The quantitative estimate of drug-likeness (QED) is 0.407. The minimum absolute atomic E-state index is 0.958. The Morgan fingerprint density at radius 3 is 2.15 bits per heavy atom. The van der Waals surface area contributed by atoms with Gasteiger partial charge in [0.2, 0.25) is 0 Å². The van der Waals surface area contributed by atoms with Crippen molar-refractivity contribution < 1.29 is 0 Å². The van der Waals surface area contributed by atoms with E-state index in [-0.39, 0.29) is 0 Å². The first-order valence-electron chi connectivity index (χ1n) is 5.96. The molecule has 1 heteroatoms. The Balaban J connectivity index is 3.33. The van der Waals surface area contributed by atoms with Gasteiger partial charge in [0.15, 0.2) is 0 Å². The van der Waals surface area contributed by atoms with Crippen LogP contribution in [0.4, 0.5) is 0 Å². The first-order valence-corrected chi connectivity index (χ1v) is 6.59. The van der Waals surface area contributed by atoms with E-state index in [4.69, 9.17) is 0 Å². The topological polar surface area (TPSA) is 0 Å². The van der Waals surface area contributed by atoms with E-state index in [0.717, 1.165) is 11.7 Å². The van der Waals surface area contributed by atoms with Crippen LogP contribution in [0.15, 0.2) is 0 Å². The summed E-state index contributed by atoms with van der Waals surface area (Å²) in [4.78, 5) is 0. The van der Waals surface area contributed by atoms with Crippen molar-refractivity contribution in [2.45, 2.75) is 65.2 Å². The summed E-state index contributed by atoms with van der Waals surface area (Å²) < 4.78 is 0. The molecule has 0 bridgehead atoms. The first kappa shape index (κ1) is 13.4. The van der Waals surface area contributed by atoms with Crippen LogP contribution < -0.4 is 0 Å². The number of thiol groups is 1. The second-order valence-electron chi connectivity index (χ2n) is 4.02. The average Bonchev–Trinajstić information content (AvgIpc) is 2.13. The molecule has 0 aliphatic heterocycles. The zero-order valence-corrected chi connectivity index (χ0v) is 10.3. The molecule has 0 saturated carbocycles. The molecule has 1 atom stereocenters. The van der Waals surface area contributed by atoms with Gasteiger partial charge in [0, 0.05) is 0 Å². The minimum Gasteiger partial charge on any atom is -0.179 e. The molecule has 0 aliphatic carbocycles. The number of unbranched alkanes of at least 4 members (excludes halogenated alkanes) is 3. The monoisotopic (exact) mass is 202 g/mol. The second kappa shape index (κ2) is 10.4. The van der Waals surface area contributed by atoms with Gasteiger partial charge in [-0.25, -0.2) is 0 Å². The molecule has 0 saturated heterocycles. The van der Waals surface area contributed by atoms with Gasteiger partial charge in [-0.2, -0.15) is 12.6 Å². The van der Waals surface area contributed by atoms with Gasteiger partial charge in [-0.05, 0) is 18.1 Å².